The quantitative estimate of drug-likeness (QED) is 0.765. The van der Waals surface area contributed by atoms with E-state index in [1.165, 1.54) is 18.5 Å². The van der Waals surface area contributed by atoms with E-state index in [1.807, 2.05) is 41.2 Å². The van der Waals surface area contributed by atoms with Crippen molar-refractivity contribution in [1.29, 1.82) is 0 Å². The van der Waals surface area contributed by atoms with Gasteiger partial charge in [-0.3, -0.25) is 0 Å². The molecule has 3 aromatic rings. The lowest BCUT2D eigenvalue weighted by molar-refractivity contribution is 0.399. The minimum absolute atomic E-state index is 0.277. The molecule has 0 bridgehead atoms. The van der Waals surface area contributed by atoms with Gasteiger partial charge in [0.2, 0.25) is 0 Å². The number of nitrogens with one attached hydrogen (secondary N) is 1. The Kier molecular flexibility index (Phi) is 4.05. The molecule has 24 heavy (non-hydrogen) atoms. The smallest absolute Gasteiger partial charge is 0.116 e. The molecule has 1 fully saturated rings. The number of benzene rings is 2. The van der Waals surface area contributed by atoms with Gasteiger partial charge in [-0.15, -0.1) is 0 Å². The fraction of sp³-hybridized carbons (Fsp3) is 0.250. The summed E-state index contributed by atoms with van der Waals surface area (Å²) in [6.07, 6.45) is 5.45. The third-order valence-corrected chi connectivity index (χ3v) is 4.60. The Morgan fingerprint density at radius 2 is 1.92 bits per heavy atom. The van der Waals surface area contributed by atoms with Crippen LogP contribution in [0.5, 0.6) is 5.75 Å². The molecule has 122 valence electrons. The number of aromatic hydroxyl groups is 1. The number of para-hydroxylation sites is 1. The highest BCUT2D eigenvalue weighted by Crippen LogP contribution is 2.34. The number of hydrogen-bond donors (Lipinski definition) is 2. The molecule has 1 unspecified atom stereocenters. The highest BCUT2D eigenvalue weighted by molar-refractivity contribution is 5.68. The summed E-state index contributed by atoms with van der Waals surface area (Å²) in [6.45, 7) is 1.03. The SMILES string of the molecule is Oc1cccc(-c2cnn(-c3ccccc3)c2C2CCCCN2)c1. The lowest BCUT2D eigenvalue weighted by atomic mass is 9.96. The number of rotatable bonds is 3. The van der Waals surface area contributed by atoms with Gasteiger partial charge in [0.05, 0.1) is 23.6 Å². The van der Waals surface area contributed by atoms with E-state index in [0.717, 1.165) is 29.8 Å². The van der Waals surface area contributed by atoms with Crippen LogP contribution in [0.1, 0.15) is 31.0 Å². The van der Waals surface area contributed by atoms with Gasteiger partial charge in [0.1, 0.15) is 5.75 Å². The molecule has 1 aliphatic rings. The Morgan fingerprint density at radius 3 is 2.67 bits per heavy atom. The van der Waals surface area contributed by atoms with Crippen molar-refractivity contribution >= 4 is 0 Å². The van der Waals surface area contributed by atoms with Crippen molar-refractivity contribution in [1.82, 2.24) is 15.1 Å². The maximum Gasteiger partial charge on any atom is 0.116 e. The van der Waals surface area contributed by atoms with Gasteiger partial charge in [-0.05, 0) is 49.2 Å². The second-order valence-corrected chi connectivity index (χ2v) is 6.24. The topological polar surface area (TPSA) is 50.1 Å². The maximum absolute atomic E-state index is 9.86. The van der Waals surface area contributed by atoms with Crippen LogP contribution in [0.4, 0.5) is 0 Å². The summed E-state index contributed by atoms with van der Waals surface area (Å²) in [5.74, 6) is 0.280. The van der Waals surface area contributed by atoms with Crippen LogP contribution in [0.2, 0.25) is 0 Å². The molecule has 2 N–H and O–H groups in total. The largest absolute Gasteiger partial charge is 0.508 e. The molecule has 4 heteroatoms. The molecule has 0 spiro atoms. The molecular weight excluding hydrogens is 298 g/mol. The third kappa shape index (κ3) is 2.81. The van der Waals surface area contributed by atoms with Crippen molar-refractivity contribution in [3.63, 3.8) is 0 Å². The second-order valence-electron chi connectivity index (χ2n) is 6.24. The van der Waals surface area contributed by atoms with Crippen LogP contribution in [0.25, 0.3) is 16.8 Å². The average molecular weight is 319 g/mol. The molecule has 1 aromatic heterocycles. The van der Waals surface area contributed by atoms with Gasteiger partial charge < -0.3 is 10.4 Å². The maximum atomic E-state index is 9.86. The van der Waals surface area contributed by atoms with Gasteiger partial charge in [0.15, 0.2) is 0 Å². The minimum atomic E-state index is 0.277. The average Bonchev–Trinajstić information content (AvgIpc) is 3.08. The van der Waals surface area contributed by atoms with E-state index in [2.05, 4.69) is 22.5 Å². The van der Waals surface area contributed by atoms with Crippen molar-refractivity contribution in [2.75, 3.05) is 6.54 Å². The van der Waals surface area contributed by atoms with Crippen LogP contribution in [0.15, 0.2) is 60.8 Å². The van der Waals surface area contributed by atoms with Gasteiger partial charge in [-0.25, -0.2) is 4.68 Å². The summed E-state index contributed by atoms with van der Waals surface area (Å²) in [5, 5.41) is 18.2. The van der Waals surface area contributed by atoms with E-state index >= 15 is 0 Å². The van der Waals surface area contributed by atoms with Crippen LogP contribution in [-0.4, -0.2) is 21.4 Å². The van der Waals surface area contributed by atoms with Crippen LogP contribution < -0.4 is 5.32 Å². The first-order chi connectivity index (χ1) is 11.8. The Balaban J connectivity index is 1.86. The molecule has 2 heterocycles. The lowest BCUT2D eigenvalue weighted by Crippen LogP contribution is -2.29. The molecule has 0 radical (unpaired) electrons. The first kappa shape index (κ1) is 15.0. The van der Waals surface area contributed by atoms with Gasteiger partial charge in [0.25, 0.3) is 0 Å². The molecule has 1 saturated heterocycles. The summed E-state index contributed by atoms with van der Waals surface area (Å²) >= 11 is 0. The number of hydrogen-bond acceptors (Lipinski definition) is 3. The third-order valence-electron chi connectivity index (χ3n) is 4.60. The van der Waals surface area contributed by atoms with E-state index in [-0.39, 0.29) is 11.8 Å². The van der Waals surface area contributed by atoms with E-state index in [4.69, 9.17) is 0 Å². The lowest BCUT2D eigenvalue weighted by Gasteiger charge is -2.25. The summed E-state index contributed by atoms with van der Waals surface area (Å²) < 4.78 is 2.03. The Labute approximate surface area is 141 Å². The van der Waals surface area contributed by atoms with Crippen molar-refractivity contribution in [2.45, 2.75) is 25.3 Å². The van der Waals surface area contributed by atoms with E-state index in [9.17, 15) is 5.11 Å². The highest BCUT2D eigenvalue weighted by atomic mass is 16.3. The Morgan fingerprint density at radius 1 is 1.04 bits per heavy atom. The second kappa shape index (κ2) is 6.49. The van der Waals surface area contributed by atoms with Gasteiger partial charge in [0, 0.05) is 5.56 Å². The van der Waals surface area contributed by atoms with Crippen molar-refractivity contribution in [3.05, 3.63) is 66.5 Å². The highest BCUT2D eigenvalue weighted by Gasteiger charge is 2.24. The zero-order valence-corrected chi connectivity index (χ0v) is 13.5. The molecule has 4 rings (SSSR count). The van der Waals surface area contributed by atoms with E-state index in [1.54, 1.807) is 12.1 Å². The van der Waals surface area contributed by atoms with E-state index in [0.29, 0.717) is 0 Å². The summed E-state index contributed by atoms with van der Waals surface area (Å²) in [5.41, 5.74) is 4.31. The van der Waals surface area contributed by atoms with Crippen LogP contribution in [-0.2, 0) is 0 Å². The molecule has 2 aromatic carbocycles. The van der Waals surface area contributed by atoms with E-state index < -0.39 is 0 Å². The van der Waals surface area contributed by atoms with Gasteiger partial charge in [-0.2, -0.15) is 5.10 Å². The molecule has 0 saturated carbocycles. The van der Waals surface area contributed by atoms with Gasteiger partial charge >= 0.3 is 0 Å². The molecule has 1 aliphatic heterocycles. The minimum Gasteiger partial charge on any atom is -0.508 e. The van der Waals surface area contributed by atoms with Crippen molar-refractivity contribution in [2.24, 2.45) is 0 Å². The van der Waals surface area contributed by atoms with Crippen LogP contribution >= 0.6 is 0 Å². The number of phenols is 1. The predicted octanol–water partition coefficient (Wildman–Crippen LogP) is 4.06. The normalized spacial score (nSPS) is 17.8. The predicted molar refractivity (Wildman–Crippen MR) is 95.3 cm³/mol. The summed E-state index contributed by atoms with van der Waals surface area (Å²) in [6, 6.07) is 17.9. The Bertz CT molecular complexity index is 820. The zero-order chi connectivity index (χ0) is 16.4. The molecular formula is C20H21N3O. The standard InChI is InChI=1S/C20H21N3O/c24-17-10-6-7-15(13-17)18-14-22-23(16-8-2-1-3-9-16)20(18)19-11-4-5-12-21-19/h1-3,6-10,13-14,19,21,24H,4-5,11-12H2. The number of piperidine rings is 1. The van der Waals surface area contributed by atoms with Crippen molar-refractivity contribution < 1.29 is 5.11 Å². The summed E-state index contributed by atoms with van der Waals surface area (Å²) in [7, 11) is 0. The molecule has 0 aliphatic carbocycles. The fourth-order valence-corrected chi connectivity index (χ4v) is 3.45. The Hall–Kier alpha value is -2.59. The first-order valence-electron chi connectivity index (χ1n) is 8.49. The first-order valence-corrected chi connectivity index (χ1v) is 8.49. The monoisotopic (exact) mass is 319 g/mol. The number of nitrogens with zero attached hydrogens (tertiary/aromatic N) is 2. The van der Waals surface area contributed by atoms with Crippen molar-refractivity contribution in [3.8, 4) is 22.6 Å². The van der Waals surface area contributed by atoms with Gasteiger partial charge in [-0.1, -0.05) is 36.8 Å². The number of phenolic OH excluding ortho intramolecular Hbond substituents is 1. The van der Waals surface area contributed by atoms with Crippen LogP contribution in [0, 0.1) is 0 Å². The molecule has 0 amide bonds. The van der Waals surface area contributed by atoms with Crippen LogP contribution in [0.3, 0.4) is 0 Å². The molecule has 4 nitrogen and oxygen atoms in total. The molecule has 1 atom stereocenters. The fourth-order valence-electron chi connectivity index (χ4n) is 3.45. The zero-order valence-electron chi connectivity index (χ0n) is 13.5. The number of aromatic nitrogens is 2. The summed E-state index contributed by atoms with van der Waals surface area (Å²) in [4.78, 5) is 0.